The number of aromatic nitrogens is 2. The van der Waals surface area contributed by atoms with E-state index in [9.17, 15) is 0 Å². The highest BCUT2D eigenvalue weighted by molar-refractivity contribution is 7.13. The molecule has 0 bridgehead atoms. The maximum Gasteiger partial charge on any atom is 0.205 e. The van der Waals surface area contributed by atoms with Crippen LogP contribution in [-0.2, 0) is 0 Å². The molecule has 0 radical (unpaired) electrons. The lowest BCUT2D eigenvalue weighted by molar-refractivity contribution is 0.604. The lowest BCUT2D eigenvalue weighted by Gasteiger charge is -2.14. The predicted octanol–water partition coefficient (Wildman–Crippen LogP) is 1.08. The molecule has 0 spiro atoms. The van der Waals surface area contributed by atoms with E-state index in [0.29, 0.717) is 6.04 Å². The normalized spacial score (nSPS) is 15.6. The topological polar surface area (TPSA) is 63.8 Å². The summed E-state index contributed by atoms with van der Waals surface area (Å²) in [5.41, 5.74) is 7.36. The molecule has 12 heavy (non-hydrogen) atoms. The first-order valence-electron chi connectivity index (χ1n) is 3.96. The molecule has 3 N–H and O–H groups in total. The molecule has 0 aliphatic rings. The predicted molar refractivity (Wildman–Crippen MR) is 51.3 cm³/mol. The fraction of sp³-hybridized carbons (Fsp3) is 0.714. The lowest BCUT2D eigenvalue weighted by atomic mass is 10.1. The Balaban J connectivity index is 2.32. The van der Waals surface area contributed by atoms with E-state index < -0.39 is 0 Å². The SMILES string of the molecule is CC(N)CC(C)Nc1nncs1. The smallest absolute Gasteiger partial charge is 0.205 e. The van der Waals surface area contributed by atoms with E-state index in [-0.39, 0.29) is 6.04 Å². The third-order valence-corrected chi connectivity index (χ3v) is 2.08. The van der Waals surface area contributed by atoms with Crippen LogP contribution in [0.15, 0.2) is 5.51 Å². The van der Waals surface area contributed by atoms with Crippen LogP contribution in [0, 0.1) is 0 Å². The first kappa shape index (κ1) is 9.41. The van der Waals surface area contributed by atoms with E-state index >= 15 is 0 Å². The molecule has 1 aromatic heterocycles. The molecule has 0 amide bonds. The Labute approximate surface area is 76.2 Å². The van der Waals surface area contributed by atoms with Crippen LogP contribution in [-0.4, -0.2) is 22.3 Å². The number of rotatable bonds is 4. The zero-order chi connectivity index (χ0) is 8.97. The molecular formula is C7H14N4S. The van der Waals surface area contributed by atoms with Crippen molar-refractivity contribution in [2.24, 2.45) is 5.73 Å². The minimum atomic E-state index is 0.223. The van der Waals surface area contributed by atoms with Gasteiger partial charge in [0.25, 0.3) is 0 Å². The Hall–Kier alpha value is -0.680. The third-order valence-electron chi connectivity index (χ3n) is 1.46. The van der Waals surface area contributed by atoms with Crippen molar-refractivity contribution in [3.05, 3.63) is 5.51 Å². The van der Waals surface area contributed by atoms with E-state index in [1.807, 2.05) is 6.92 Å². The van der Waals surface area contributed by atoms with Crippen LogP contribution >= 0.6 is 11.3 Å². The monoisotopic (exact) mass is 186 g/mol. The van der Waals surface area contributed by atoms with Crippen molar-refractivity contribution in [2.45, 2.75) is 32.4 Å². The molecule has 1 aromatic rings. The van der Waals surface area contributed by atoms with Gasteiger partial charge in [0.2, 0.25) is 5.13 Å². The summed E-state index contributed by atoms with van der Waals surface area (Å²) in [6.07, 6.45) is 0.944. The second kappa shape index (κ2) is 4.37. The second-order valence-corrected chi connectivity index (χ2v) is 3.84. The minimum absolute atomic E-state index is 0.223. The molecule has 0 saturated carbocycles. The van der Waals surface area contributed by atoms with E-state index in [1.54, 1.807) is 5.51 Å². The first-order chi connectivity index (χ1) is 5.68. The van der Waals surface area contributed by atoms with Crippen molar-refractivity contribution < 1.29 is 0 Å². The Kier molecular flexibility index (Phi) is 3.43. The van der Waals surface area contributed by atoms with Crippen LogP contribution < -0.4 is 11.1 Å². The average Bonchev–Trinajstić information content (AvgIpc) is 2.37. The molecule has 0 saturated heterocycles. The molecule has 0 fully saturated rings. The van der Waals surface area contributed by atoms with Gasteiger partial charge in [0.15, 0.2) is 0 Å². The van der Waals surface area contributed by atoms with Gasteiger partial charge in [-0.15, -0.1) is 10.2 Å². The minimum Gasteiger partial charge on any atom is -0.358 e. The average molecular weight is 186 g/mol. The highest BCUT2D eigenvalue weighted by atomic mass is 32.1. The Morgan fingerprint density at radius 3 is 2.92 bits per heavy atom. The fourth-order valence-electron chi connectivity index (χ4n) is 1.06. The van der Waals surface area contributed by atoms with Gasteiger partial charge in [-0.2, -0.15) is 0 Å². The van der Waals surface area contributed by atoms with Crippen molar-refractivity contribution in [3.63, 3.8) is 0 Å². The van der Waals surface area contributed by atoms with E-state index in [1.165, 1.54) is 11.3 Å². The Morgan fingerprint density at radius 2 is 2.42 bits per heavy atom. The van der Waals surface area contributed by atoms with Gasteiger partial charge >= 0.3 is 0 Å². The van der Waals surface area contributed by atoms with Gasteiger partial charge in [0.1, 0.15) is 5.51 Å². The number of nitrogens with zero attached hydrogens (tertiary/aromatic N) is 2. The van der Waals surface area contributed by atoms with Crippen molar-refractivity contribution in [1.82, 2.24) is 10.2 Å². The zero-order valence-corrected chi connectivity index (χ0v) is 8.14. The van der Waals surface area contributed by atoms with Crippen LogP contribution in [0.5, 0.6) is 0 Å². The Morgan fingerprint density at radius 1 is 1.67 bits per heavy atom. The summed E-state index contributed by atoms with van der Waals surface area (Å²) >= 11 is 1.50. The summed E-state index contributed by atoms with van der Waals surface area (Å²) in [6, 6.07) is 0.582. The van der Waals surface area contributed by atoms with Crippen LogP contribution in [0.2, 0.25) is 0 Å². The number of hydrogen-bond acceptors (Lipinski definition) is 5. The van der Waals surface area contributed by atoms with E-state index in [2.05, 4.69) is 22.4 Å². The van der Waals surface area contributed by atoms with E-state index in [4.69, 9.17) is 5.73 Å². The second-order valence-electron chi connectivity index (χ2n) is 3.00. The molecule has 0 aliphatic heterocycles. The zero-order valence-electron chi connectivity index (χ0n) is 7.32. The van der Waals surface area contributed by atoms with Gasteiger partial charge < -0.3 is 11.1 Å². The number of nitrogens with two attached hydrogens (primary N) is 1. The molecular weight excluding hydrogens is 172 g/mol. The quantitative estimate of drug-likeness (QED) is 0.738. The third kappa shape index (κ3) is 3.15. The highest BCUT2D eigenvalue weighted by Gasteiger charge is 2.05. The van der Waals surface area contributed by atoms with Crippen molar-refractivity contribution in [3.8, 4) is 0 Å². The van der Waals surface area contributed by atoms with Crippen LogP contribution in [0.25, 0.3) is 0 Å². The molecule has 2 unspecified atom stereocenters. The van der Waals surface area contributed by atoms with Crippen LogP contribution in [0.1, 0.15) is 20.3 Å². The van der Waals surface area contributed by atoms with E-state index in [0.717, 1.165) is 11.6 Å². The molecule has 1 heterocycles. The van der Waals surface area contributed by atoms with Crippen molar-refractivity contribution in [2.75, 3.05) is 5.32 Å². The fourth-order valence-corrected chi connectivity index (χ4v) is 1.62. The molecule has 1 rings (SSSR count). The van der Waals surface area contributed by atoms with Crippen LogP contribution in [0.4, 0.5) is 5.13 Å². The summed E-state index contributed by atoms with van der Waals surface area (Å²) in [4.78, 5) is 0. The van der Waals surface area contributed by atoms with Gasteiger partial charge in [-0.3, -0.25) is 0 Å². The molecule has 5 heteroatoms. The van der Waals surface area contributed by atoms with Gasteiger partial charge in [0.05, 0.1) is 0 Å². The maximum atomic E-state index is 5.65. The first-order valence-corrected chi connectivity index (χ1v) is 4.84. The summed E-state index contributed by atoms with van der Waals surface area (Å²) < 4.78 is 0. The van der Waals surface area contributed by atoms with Gasteiger partial charge in [0, 0.05) is 12.1 Å². The summed E-state index contributed by atoms with van der Waals surface area (Å²) in [5, 5.41) is 11.7. The van der Waals surface area contributed by atoms with Gasteiger partial charge in [-0.05, 0) is 20.3 Å². The van der Waals surface area contributed by atoms with Gasteiger partial charge in [-0.1, -0.05) is 11.3 Å². The standard InChI is InChI=1S/C7H14N4S/c1-5(8)3-6(2)10-7-11-9-4-12-7/h4-6H,3,8H2,1-2H3,(H,10,11). The van der Waals surface area contributed by atoms with Crippen molar-refractivity contribution in [1.29, 1.82) is 0 Å². The largest absolute Gasteiger partial charge is 0.358 e. The molecule has 0 aromatic carbocycles. The molecule has 2 atom stereocenters. The molecule has 68 valence electrons. The van der Waals surface area contributed by atoms with Gasteiger partial charge in [-0.25, -0.2) is 0 Å². The summed E-state index contributed by atoms with van der Waals surface area (Å²) in [7, 11) is 0. The highest BCUT2D eigenvalue weighted by Crippen LogP contribution is 2.11. The van der Waals surface area contributed by atoms with Crippen molar-refractivity contribution >= 4 is 16.5 Å². The summed E-state index contributed by atoms with van der Waals surface area (Å²) in [6.45, 7) is 4.09. The number of anilines is 1. The number of nitrogens with one attached hydrogen (secondary N) is 1. The lowest BCUT2D eigenvalue weighted by Crippen LogP contribution is -2.26. The summed E-state index contributed by atoms with van der Waals surface area (Å²) in [5.74, 6) is 0. The van der Waals surface area contributed by atoms with Crippen LogP contribution in [0.3, 0.4) is 0 Å². The Bertz CT molecular complexity index is 209. The molecule has 0 aliphatic carbocycles. The number of hydrogen-bond donors (Lipinski definition) is 2. The maximum absolute atomic E-state index is 5.65. The molecule has 4 nitrogen and oxygen atoms in total.